The molecule has 116 valence electrons. The number of rotatable bonds is 3. The molecule has 1 saturated heterocycles. The van der Waals surface area contributed by atoms with Crippen molar-refractivity contribution < 1.29 is 24.5 Å². The monoisotopic (exact) mass is 288 g/mol. The summed E-state index contributed by atoms with van der Waals surface area (Å²) in [5.74, 6) is -1.05. The fraction of sp³-hybridized carbons (Fsp3) is 0.846. The third-order valence-electron chi connectivity index (χ3n) is 3.13. The molecular weight excluding hydrogens is 264 g/mol. The first kappa shape index (κ1) is 16.7. The van der Waals surface area contributed by atoms with E-state index >= 15 is 0 Å². The van der Waals surface area contributed by atoms with E-state index in [9.17, 15) is 14.7 Å². The van der Waals surface area contributed by atoms with Crippen LogP contribution in [0, 0.1) is 0 Å². The highest BCUT2D eigenvalue weighted by Crippen LogP contribution is 2.19. The van der Waals surface area contributed by atoms with Crippen LogP contribution in [0.15, 0.2) is 0 Å². The van der Waals surface area contributed by atoms with E-state index in [1.807, 2.05) is 6.92 Å². The second-order valence-corrected chi connectivity index (χ2v) is 6.09. The number of carbonyl (C=O) groups excluding carboxylic acids is 1. The van der Waals surface area contributed by atoms with Crippen LogP contribution in [-0.4, -0.2) is 76.0 Å². The van der Waals surface area contributed by atoms with Crippen molar-refractivity contribution in [3.05, 3.63) is 0 Å². The summed E-state index contributed by atoms with van der Waals surface area (Å²) in [7, 11) is 0. The minimum Gasteiger partial charge on any atom is -0.480 e. The Labute approximate surface area is 119 Å². The zero-order chi connectivity index (χ0) is 15.5. The molecule has 7 heteroatoms. The maximum Gasteiger partial charge on any atom is 0.323 e. The van der Waals surface area contributed by atoms with Crippen molar-refractivity contribution in [2.45, 2.75) is 45.4 Å². The van der Waals surface area contributed by atoms with Gasteiger partial charge in [-0.25, -0.2) is 4.79 Å². The van der Waals surface area contributed by atoms with Crippen LogP contribution in [0.5, 0.6) is 0 Å². The van der Waals surface area contributed by atoms with Crippen molar-refractivity contribution in [2.24, 2.45) is 0 Å². The molecule has 2 unspecified atom stereocenters. The third kappa shape index (κ3) is 4.35. The SMILES string of the molecule is CC1CN(C(=O)N(CC(=O)O)C(C)(C)C)CC(CO)O1. The predicted octanol–water partition coefficient (Wildman–Crippen LogP) is 0.373. The number of hydrogen-bond donors (Lipinski definition) is 2. The first-order valence-electron chi connectivity index (χ1n) is 6.69. The van der Waals surface area contributed by atoms with Gasteiger partial charge in [0.15, 0.2) is 0 Å². The lowest BCUT2D eigenvalue weighted by atomic mass is 10.1. The van der Waals surface area contributed by atoms with E-state index in [-0.39, 0.29) is 31.8 Å². The Balaban J connectivity index is 2.85. The number of aliphatic hydroxyl groups is 1. The summed E-state index contributed by atoms with van der Waals surface area (Å²) in [6.07, 6.45) is -0.606. The molecule has 2 amide bonds. The van der Waals surface area contributed by atoms with Gasteiger partial charge in [0, 0.05) is 12.1 Å². The summed E-state index contributed by atoms with van der Waals surface area (Å²) < 4.78 is 5.48. The van der Waals surface area contributed by atoms with E-state index in [0.717, 1.165) is 0 Å². The number of nitrogens with zero attached hydrogens (tertiary/aromatic N) is 2. The number of morpholine rings is 1. The maximum absolute atomic E-state index is 12.5. The minimum absolute atomic E-state index is 0.164. The number of carbonyl (C=O) groups is 2. The molecule has 0 spiro atoms. The normalized spacial score (nSPS) is 23.6. The highest BCUT2D eigenvalue weighted by Gasteiger charge is 2.35. The molecule has 0 saturated carbocycles. The highest BCUT2D eigenvalue weighted by molar-refractivity contribution is 5.81. The Morgan fingerprint density at radius 1 is 1.35 bits per heavy atom. The van der Waals surface area contributed by atoms with Gasteiger partial charge < -0.3 is 24.7 Å². The average molecular weight is 288 g/mol. The van der Waals surface area contributed by atoms with E-state index in [2.05, 4.69) is 0 Å². The Bertz CT molecular complexity index is 366. The fourth-order valence-electron chi connectivity index (χ4n) is 2.20. The Morgan fingerprint density at radius 3 is 2.40 bits per heavy atom. The molecule has 1 aliphatic heterocycles. The second-order valence-electron chi connectivity index (χ2n) is 6.09. The van der Waals surface area contributed by atoms with Gasteiger partial charge in [0.1, 0.15) is 6.54 Å². The second kappa shape index (κ2) is 6.41. The van der Waals surface area contributed by atoms with Gasteiger partial charge in [0.2, 0.25) is 0 Å². The summed E-state index contributed by atoms with van der Waals surface area (Å²) in [4.78, 5) is 26.4. The molecule has 1 aliphatic rings. The van der Waals surface area contributed by atoms with Crippen molar-refractivity contribution in [3.63, 3.8) is 0 Å². The molecule has 20 heavy (non-hydrogen) atoms. The van der Waals surface area contributed by atoms with Crippen LogP contribution in [0.1, 0.15) is 27.7 Å². The molecule has 1 fully saturated rings. The summed E-state index contributed by atoms with van der Waals surface area (Å²) in [6.45, 7) is 7.35. The molecular formula is C13H24N2O5. The number of amides is 2. The zero-order valence-corrected chi connectivity index (χ0v) is 12.5. The lowest BCUT2D eigenvalue weighted by Crippen LogP contribution is -2.58. The molecule has 0 bridgehead atoms. The molecule has 7 nitrogen and oxygen atoms in total. The van der Waals surface area contributed by atoms with Crippen LogP contribution in [0.25, 0.3) is 0 Å². The van der Waals surface area contributed by atoms with E-state index < -0.39 is 17.6 Å². The van der Waals surface area contributed by atoms with Crippen molar-refractivity contribution in [3.8, 4) is 0 Å². The van der Waals surface area contributed by atoms with Gasteiger partial charge in [-0.15, -0.1) is 0 Å². The largest absolute Gasteiger partial charge is 0.480 e. The quantitative estimate of drug-likeness (QED) is 0.783. The number of aliphatic carboxylic acids is 1. The lowest BCUT2D eigenvalue weighted by molar-refractivity contribution is -0.139. The van der Waals surface area contributed by atoms with Crippen molar-refractivity contribution in [2.75, 3.05) is 26.2 Å². The van der Waals surface area contributed by atoms with E-state index in [4.69, 9.17) is 9.84 Å². The molecule has 2 atom stereocenters. The first-order valence-corrected chi connectivity index (χ1v) is 6.69. The van der Waals surface area contributed by atoms with Crippen LogP contribution in [-0.2, 0) is 9.53 Å². The van der Waals surface area contributed by atoms with Gasteiger partial charge in [0.05, 0.1) is 25.4 Å². The predicted molar refractivity (Wildman–Crippen MR) is 72.5 cm³/mol. The van der Waals surface area contributed by atoms with E-state index in [0.29, 0.717) is 6.54 Å². The molecule has 2 N–H and O–H groups in total. The van der Waals surface area contributed by atoms with Crippen molar-refractivity contribution >= 4 is 12.0 Å². The fourth-order valence-corrected chi connectivity index (χ4v) is 2.20. The summed E-state index contributed by atoms with van der Waals surface area (Å²) in [5.41, 5.74) is -0.592. The number of aliphatic hydroxyl groups excluding tert-OH is 1. The molecule has 0 aliphatic carbocycles. The number of carboxylic acids is 1. The van der Waals surface area contributed by atoms with Gasteiger partial charge in [0.25, 0.3) is 0 Å². The van der Waals surface area contributed by atoms with E-state index in [1.165, 1.54) is 4.90 Å². The first-order chi connectivity index (χ1) is 9.15. The standard InChI is InChI=1S/C13H24N2O5/c1-9-5-14(6-10(8-16)20-9)12(19)15(7-11(17)18)13(2,3)4/h9-10,16H,5-8H2,1-4H3,(H,17,18). The minimum atomic E-state index is -1.05. The molecule has 0 aromatic heterocycles. The Morgan fingerprint density at radius 2 is 1.95 bits per heavy atom. The van der Waals surface area contributed by atoms with Crippen LogP contribution >= 0.6 is 0 Å². The Kier molecular flexibility index (Phi) is 5.35. The topological polar surface area (TPSA) is 90.3 Å². The van der Waals surface area contributed by atoms with Gasteiger partial charge in [-0.05, 0) is 27.7 Å². The van der Waals surface area contributed by atoms with Crippen LogP contribution in [0.3, 0.4) is 0 Å². The molecule has 0 radical (unpaired) electrons. The lowest BCUT2D eigenvalue weighted by Gasteiger charge is -2.42. The van der Waals surface area contributed by atoms with Crippen molar-refractivity contribution in [1.82, 2.24) is 9.80 Å². The number of ether oxygens (including phenoxy) is 1. The van der Waals surface area contributed by atoms with Crippen LogP contribution < -0.4 is 0 Å². The summed E-state index contributed by atoms with van der Waals surface area (Å²) in [5, 5.41) is 18.1. The Hall–Kier alpha value is -1.34. The summed E-state index contributed by atoms with van der Waals surface area (Å²) >= 11 is 0. The number of urea groups is 1. The molecule has 0 aromatic rings. The number of carboxylic acid groups (broad SMARTS) is 1. The smallest absolute Gasteiger partial charge is 0.323 e. The summed E-state index contributed by atoms with van der Waals surface area (Å²) in [6, 6.07) is -0.339. The number of hydrogen-bond acceptors (Lipinski definition) is 4. The van der Waals surface area contributed by atoms with Gasteiger partial charge in [-0.2, -0.15) is 0 Å². The molecule has 0 aromatic carbocycles. The van der Waals surface area contributed by atoms with Crippen molar-refractivity contribution in [1.29, 1.82) is 0 Å². The molecule has 1 heterocycles. The van der Waals surface area contributed by atoms with Crippen LogP contribution in [0.2, 0.25) is 0 Å². The van der Waals surface area contributed by atoms with Gasteiger partial charge in [-0.3, -0.25) is 4.79 Å². The maximum atomic E-state index is 12.5. The third-order valence-corrected chi connectivity index (χ3v) is 3.13. The van der Waals surface area contributed by atoms with E-state index in [1.54, 1.807) is 25.7 Å². The molecule has 1 rings (SSSR count). The zero-order valence-electron chi connectivity index (χ0n) is 12.5. The van der Waals surface area contributed by atoms with Crippen LogP contribution in [0.4, 0.5) is 4.79 Å². The highest BCUT2D eigenvalue weighted by atomic mass is 16.5. The van der Waals surface area contributed by atoms with Gasteiger partial charge in [-0.1, -0.05) is 0 Å². The van der Waals surface area contributed by atoms with Gasteiger partial charge >= 0.3 is 12.0 Å². The average Bonchev–Trinajstić information content (AvgIpc) is 2.32.